The molecule has 0 unspecified atom stereocenters. The highest BCUT2D eigenvalue weighted by atomic mass is 35.5. The molecular weight excluding hydrogens is 391 g/mol. The average molecular weight is 411 g/mol. The van der Waals surface area contributed by atoms with Crippen LogP contribution in [0.5, 0.6) is 11.5 Å². The van der Waals surface area contributed by atoms with Gasteiger partial charge in [-0.2, -0.15) is 0 Å². The van der Waals surface area contributed by atoms with Gasteiger partial charge >= 0.3 is 0 Å². The Morgan fingerprint density at radius 2 is 1.93 bits per heavy atom. The van der Waals surface area contributed by atoms with Gasteiger partial charge in [0.1, 0.15) is 0 Å². The summed E-state index contributed by atoms with van der Waals surface area (Å²) in [4.78, 5) is 22.9. The third kappa shape index (κ3) is 6.34. The average Bonchev–Trinajstić information content (AvgIpc) is 2.66. The largest absolute Gasteiger partial charge is 0.493 e. The molecule has 0 fully saturated rings. The number of carbonyl (C=O) groups is 2. The van der Waals surface area contributed by atoms with Crippen molar-refractivity contribution in [2.75, 3.05) is 13.7 Å². The molecule has 0 aliphatic carbocycles. The highest BCUT2D eigenvalue weighted by Gasteiger charge is 2.10. The second kappa shape index (κ2) is 10.0. The van der Waals surface area contributed by atoms with Crippen molar-refractivity contribution in [2.24, 2.45) is 5.73 Å². The van der Waals surface area contributed by atoms with Crippen LogP contribution in [0.3, 0.4) is 0 Å². The zero-order valence-corrected chi connectivity index (χ0v) is 16.3. The molecule has 0 saturated carbocycles. The van der Waals surface area contributed by atoms with Crippen molar-refractivity contribution in [1.82, 2.24) is 5.32 Å². The van der Waals surface area contributed by atoms with E-state index in [-0.39, 0.29) is 18.9 Å². The van der Waals surface area contributed by atoms with Gasteiger partial charge in [-0.25, -0.2) is 0 Å². The molecule has 0 heterocycles. The van der Waals surface area contributed by atoms with E-state index in [0.717, 1.165) is 11.1 Å². The Balaban J connectivity index is 1.88. The molecule has 8 heteroatoms. The van der Waals surface area contributed by atoms with Crippen molar-refractivity contribution in [3.05, 3.63) is 57.6 Å². The number of benzene rings is 2. The first-order chi connectivity index (χ1) is 12.9. The molecule has 0 saturated heterocycles. The quantitative estimate of drug-likeness (QED) is 0.664. The molecule has 3 N–H and O–H groups in total. The number of nitrogens with one attached hydrogen (secondary N) is 1. The molecule has 0 aliphatic heterocycles. The molecule has 144 valence electrons. The van der Waals surface area contributed by atoms with Gasteiger partial charge in [0.05, 0.1) is 17.2 Å². The fourth-order valence-electron chi connectivity index (χ4n) is 2.37. The van der Waals surface area contributed by atoms with Crippen LogP contribution in [0.15, 0.2) is 36.4 Å². The number of amides is 2. The van der Waals surface area contributed by atoms with Gasteiger partial charge < -0.3 is 20.5 Å². The maximum atomic E-state index is 12.1. The number of carbonyl (C=O) groups excluding carboxylic acids is 2. The lowest BCUT2D eigenvalue weighted by Gasteiger charge is -2.12. The summed E-state index contributed by atoms with van der Waals surface area (Å²) in [6.45, 7) is 0.0904. The molecule has 2 amide bonds. The van der Waals surface area contributed by atoms with E-state index in [1.165, 1.54) is 7.11 Å². The van der Waals surface area contributed by atoms with Crippen LogP contribution in [0.1, 0.15) is 17.5 Å². The molecule has 0 atom stereocenters. The monoisotopic (exact) mass is 410 g/mol. The van der Waals surface area contributed by atoms with E-state index >= 15 is 0 Å². The van der Waals surface area contributed by atoms with Crippen LogP contribution in [0.4, 0.5) is 0 Å². The normalized spacial score (nSPS) is 10.3. The van der Waals surface area contributed by atoms with Crippen molar-refractivity contribution < 1.29 is 19.1 Å². The molecule has 0 aliphatic rings. The SMILES string of the molecule is COc1cc(CNC(=O)CCc2cccc(Cl)c2Cl)ccc1OCC(N)=O. The minimum atomic E-state index is -0.576. The second-order valence-corrected chi connectivity index (χ2v) is 6.52. The Kier molecular flexibility index (Phi) is 7.76. The molecular formula is C19H20Cl2N2O4. The minimum absolute atomic E-state index is 0.112. The predicted molar refractivity (Wildman–Crippen MR) is 104 cm³/mol. The summed E-state index contributed by atoms with van der Waals surface area (Å²) in [5.41, 5.74) is 6.72. The summed E-state index contributed by atoms with van der Waals surface area (Å²) in [6, 6.07) is 10.5. The van der Waals surface area contributed by atoms with Gasteiger partial charge in [-0.1, -0.05) is 41.4 Å². The number of rotatable bonds is 9. The van der Waals surface area contributed by atoms with Crippen LogP contribution in [-0.2, 0) is 22.6 Å². The van der Waals surface area contributed by atoms with E-state index < -0.39 is 5.91 Å². The van der Waals surface area contributed by atoms with E-state index in [1.54, 1.807) is 30.3 Å². The van der Waals surface area contributed by atoms with Crippen molar-refractivity contribution in [2.45, 2.75) is 19.4 Å². The maximum Gasteiger partial charge on any atom is 0.255 e. The molecule has 27 heavy (non-hydrogen) atoms. The number of aryl methyl sites for hydroxylation is 1. The number of ether oxygens (including phenoxy) is 2. The zero-order chi connectivity index (χ0) is 19.8. The van der Waals surface area contributed by atoms with Crippen molar-refractivity contribution in [3.8, 4) is 11.5 Å². The van der Waals surface area contributed by atoms with Crippen LogP contribution < -0.4 is 20.5 Å². The summed E-state index contributed by atoms with van der Waals surface area (Å²) in [5.74, 6) is 0.169. The van der Waals surface area contributed by atoms with Gasteiger partial charge in [-0.15, -0.1) is 0 Å². The van der Waals surface area contributed by atoms with Gasteiger partial charge in [0.25, 0.3) is 5.91 Å². The number of primary amides is 1. The smallest absolute Gasteiger partial charge is 0.255 e. The molecule has 0 spiro atoms. The topological polar surface area (TPSA) is 90.7 Å². The van der Waals surface area contributed by atoms with E-state index in [0.29, 0.717) is 34.5 Å². The highest BCUT2D eigenvalue weighted by Crippen LogP contribution is 2.28. The summed E-state index contributed by atoms with van der Waals surface area (Å²) in [5, 5.41) is 3.79. The van der Waals surface area contributed by atoms with Gasteiger partial charge in [-0.3, -0.25) is 9.59 Å². The van der Waals surface area contributed by atoms with E-state index in [4.69, 9.17) is 38.4 Å². The fraction of sp³-hybridized carbons (Fsp3) is 0.263. The van der Waals surface area contributed by atoms with Crippen molar-refractivity contribution in [1.29, 1.82) is 0 Å². The maximum absolute atomic E-state index is 12.1. The number of halogens is 2. The summed E-state index contributed by atoms with van der Waals surface area (Å²) >= 11 is 12.1. The van der Waals surface area contributed by atoms with Crippen LogP contribution >= 0.6 is 23.2 Å². The first-order valence-corrected chi connectivity index (χ1v) is 8.94. The summed E-state index contributed by atoms with van der Waals surface area (Å²) in [6.07, 6.45) is 0.783. The molecule has 2 rings (SSSR count). The van der Waals surface area contributed by atoms with Crippen LogP contribution in [-0.4, -0.2) is 25.5 Å². The molecule has 2 aromatic carbocycles. The van der Waals surface area contributed by atoms with E-state index in [1.807, 2.05) is 6.07 Å². The minimum Gasteiger partial charge on any atom is -0.493 e. The summed E-state index contributed by atoms with van der Waals surface area (Å²) < 4.78 is 10.5. The molecule has 0 radical (unpaired) electrons. The Labute approximate surface area is 167 Å². The van der Waals surface area contributed by atoms with Gasteiger partial charge in [-0.05, 0) is 35.7 Å². The standard InChI is InChI=1S/C19H20Cl2N2O4/c1-26-16-9-12(5-7-15(16)27-11-17(22)24)10-23-18(25)8-6-13-3-2-4-14(20)19(13)21/h2-5,7,9H,6,8,10-11H2,1H3,(H2,22,24)(H,23,25). The van der Waals surface area contributed by atoms with E-state index in [9.17, 15) is 9.59 Å². The first kappa shape index (κ1) is 20.9. The number of methoxy groups -OCH3 is 1. The third-order valence-corrected chi connectivity index (χ3v) is 4.60. The van der Waals surface area contributed by atoms with E-state index in [2.05, 4.69) is 5.32 Å². The van der Waals surface area contributed by atoms with Crippen LogP contribution in [0, 0.1) is 0 Å². The lowest BCUT2D eigenvalue weighted by Crippen LogP contribution is -2.23. The van der Waals surface area contributed by atoms with Gasteiger partial charge in [0.15, 0.2) is 18.1 Å². The second-order valence-electron chi connectivity index (χ2n) is 5.73. The molecule has 2 aromatic rings. The number of hydrogen-bond acceptors (Lipinski definition) is 4. The van der Waals surface area contributed by atoms with Gasteiger partial charge in [0.2, 0.25) is 5.91 Å². The highest BCUT2D eigenvalue weighted by molar-refractivity contribution is 6.42. The number of nitrogens with two attached hydrogens (primary N) is 1. The Bertz CT molecular complexity index is 827. The Hall–Kier alpha value is -2.44. The number of hydrogen-bond donors (Lipinski definition) is 2. The summed E-state index contributed by atoms with van der Waals surface area (Å²) in [7, 11) is 1.49. The lowest BCUT2D eigenvalue weighted by atomic mass is 10.1. The fourth-order valence-corrected chi connectivity index (χ4v) is 2.78. The predicted octanol–water partition coefficient (Wildman–Crippen LogP) is 3.12. The van der Waals surface area contributed by atoms with Crippen LogP contribution in [0.25, 0.3) is 0 Å². The van der Waals surface area contributed by atoms with Gasteiger partial charge in [0, 0.05) is 13.0 Å². The molecule has 0 bridgehead atoms. The Morgan fingerprint density at radius 1 is 1.15 bits per heavy atom. The molecule has 6 nitrogen and oxygen atoms in total. The zero-order valence-electron chi connectivity index (χ0n) is 14.8. The molecule has 0 aromatic heterocycles. The third-order valence-electron chi connectivity index (χ3n) is 3.74. The Morgan fingerprint density at radius 3 is 2.63 bits per heavy atom. The van der Waals surface area contributed by atoms with Crippen molar-refractivity contribution >= 4 is 35.0 Å². The van der Waals surface area contributed by atoms with Crippen molar-refractivity contribution in [3.63, 3.8) is 0 Å². The lowest BCUT2D eigenvalue weighted by molar-refractivity contribution is -0.121. The van der Waals surface area contributed by atoms with Crippen LogP contribution in [0.2, 0.25) is 10.0 Å². The first-order valence-electron chi connectivity index (χ1n) is 8.18.